The molecule has 0 saturated carbocycles. The van der Waals surface area contributed by atoms with Crippen LogP contribution in [0.1, 0.15) is 17.7 Å². The van der Waals surface area contributed by atoms with Gasteiger partial charge in [-0.1, -0.05) is 24.3 Å². The summed E-state index contributed by atoms with van der Waals surface area (Å²) in [6, 6.07) is 15.5. The van der Waals surface area contributed by atoms with Crippen molar-refractivity contribution in [3.8, 4) is 11.8 Å². The highest BCUT2D eigenvalue weighted by atomic mass is 16.5. The van der Waals surface area contributed by atoms with Gasteiger partial charge in [-0.25, -0.2) is 0 Å². The van der Waals surface area contributed by atoms with E-state index in [-0.39, 0.29) is 11.8 Å². The van der Waals surface area contributed by atoms with Crippen molar-refractivity contribution < 1.29 is 9.53 Å². The second-order valence-corrected chi connectivity index (χ2v) is 5.81. The molecule has 1 aromatic heterocycles. The van der Waals surface area contributed by atoms with Gasteiger partial charge in [-0.3, -0.25) is 9.78 Å². The third-order valence-electron chi connectivity index (χ3n) is 4.11. The van der Waals surface area contributed by atoms with Crippen LogP contribution in [-0.2, 0) is 17.8 Å². The minimum absolute atomic E-state index is 0.0189. The molecule has 5 heteroatoms. The standard InChI is InChI=1S/C19H19N3O2/c20-9-5-11-22(13-17-7-3-4-10-21-17)19(23)16-12-15-6-1-2-8-18(15)24-14-16/h1-4,6-8,10,16H,5,11-14H2/t16-/m1/s1. The molecule has 3 rings (SSSR count). The highest BCUT2D eigenvalue weighted by molar-refractivity contribution is 5.79. The number of aromatic nitrogens is 1. The number of rotatable bonds is 5. The molecular formula is C19H19N3O2. The van der Waals surface area contributed by atoms with E-state index in [4.69, 9.17) is 10.00 Å². The molecule has 0 aliphatic carbocycles. The van der Waals surface area contributed by atoms with Gasteiger partial charge in [-0.15, -0.1) is 0 Å². The minimum Gasteiger partial charge on any atom is -0.492 e. The lowest BCUT2D eigenvalue weighted by Crippen LogP contribution is -2.41. The molecule has 2 aromatic rings. The monoisotopic (exact) mass is 321 g/mol. The van der Waals surface area contributed by atoms with E-state index in [0.29, 0.717) is 32.5 Å². The number of benzene rings is 1. The Labute approximate surface area is 141 Å². The fourth-order valence-corrected chi connectivity index (χ4v) is 2.88. The number of para-hydroxylation sites is 1. The topological polar surface area (TPSA) is 66.2 Å². The summed E-state index contributed by atoms with van der Waals surface area (Å²) in [6.45, 7) is 1.20. The Morgan fingerprint density at radius 2 is 2.12 bits per heavy atom. The van der Waals surface area contributed by atoms with Crippen LogP contribution in [0.2, 0.25) is 0 Å². The van der Waals surface area contributed by atoms with Crippen LogP contribution in [-0.4, -0.2) is 28.9 Å². The molecule has 0 fully saturated rings. The summed E-state index contributed by atoms with van der Waals surface area (Å²) < 4.78 is 5.73. The number of hydrogen-bond acceptors (Lipinski definition) is 4. The lowest BCUT2D eigenvalue weighted by molar-refractivity contribution is -0.137. The molecule has 2 heterocycles. The van der Waals surface area contributed by atoms with Crippen LogP contribution in [0.25, 0.3) is 0 Å². The van der Waals surface area contributed by atoms with Gasteiger partial charge in [0.15, 0.2) is 0 Å². The van der Waals surface area contributed by atoms with Gasteiger partial charge < -0.3 is 9.64 Å². The zero-order valence-electron chi connectivity index (χ0n) is 13.4. The zero-order chi connectivity index (χ0) is 16.8. The minimum atomic E-state index is -0.220. The SMILES string of the molecule is N#CCCN(Cc1ccccn1)C(=O)[C@H]1COc2ccccc2C1. The van der Waals surface area contributed by atoms with E-state index in [9.17, 15) is 4.79 Å². The van der Waals surface area contributed by atoms with Crippen molar-refractivity contribution in [2.75, 3.05) is 13.2 Å². The molecule has 0 unspecified atom stereocenters. The predicted molar refractivity (Wildman–Crippen MR) is 89.0 cm³/mol. The number of nitriles is 1. The molecule has 0 N–H and O–H groups in total. The Kier molecular flexibility index (Phi) is 5.07. The number of nitrogens with zero attached hydrogens (tertiary/aromatic N) is 3. The number of carbonyl (C=O) groups excluding carboxylic acids is 1. The van der Waals surface area contributed by atoms with Crippen molar-refractivity contribution in [3.05, 3.63) is 59.9 Å². The number of amides is 1. The third-order valence-corrected chi connectivity index (χ3v) is 4.11. The number of carbonyl (C=O) groups is 1. The van der Waals surface area contributed by atoms with E-state index in [1.807, 2.05) is 42.5 Å². The van der Waals surface area contributed by atoms with E-state index >= 15 is 0 Å². The molecule has 0 bridgehead atoms. The molecule has 0 saturated heterocycles. The van der Waals surface area contributed by atoms with Crippen molar-refractivity contribution in [3.63, 3.8) is 0 Å². The van der Waals surface area contributed by atoms with Gasteiger partial charge in [0.25, 0.3) is 0 Å². The van der Waals surface area contributed by atoms with Crippen molar-refractivity contribution in [2.24, 2.45) is 5.92 Å². The second-order valence-electron chi connectivity index (χ2n) is 5.81. The van der Waals surface area contributed by atoms with Crippen molar-refractivity contribution >= 4 is 5.91 Å². The maximum atomic E-state index is 12.9. The summed E-state index contributed by atoms with van der Waals surface area (Å²) in [7, 11) is 0. The van der Waals surface area contributed by atoms with E-state index in [1.54, 1.807) is 11.1 Å². The average molecular weight is 321 g/mol. The van der Waals surface area contributed by atoms with E-state index in [0.717, 1.165) is 17.0 Å². The van der Waals surface area contributed by atoms with Crippen LogP contribution in [0.3, 0.4) is 0 Å². The summed E-state index contributed by atoms with van der Waals surface area (Å²) in [4.78, 5) is 18.9. The molecule has 0 radical (unpaired) electrons. The molecule has 122 valence electrons. The number of ether oxygens (including phenoxy) is 1. The lowest BCUT2D eigenvalue weighted by Gasteiger charge is -2.30. The van der Waals surface area contributed by atoms with Crippen LogP contribution in [0, 0.1) is 17.2 Å². The number of fused-ring (bicyclic) bond motifs is 1. The highest BCUT2D eigenvalue weighted by Gasteiger charge is 2.29. The Bertz CT molecular complexity index is 740. The zero-order valence-corrected chi connectivity index (χ0v) is 13.4. The van der Waals surface area contributed by atoms with Crippen LogP contribution >= 0.6 is 0 Å². The van der Waals surface area contributed by atoms with Crippen LogP contribution in [0.4, 0.5) is 0 Å². The van der Waals surface area contributed by atoms with Crippen LogP contribution < -0.4 is 4.74 Å². The fourth-order valence-electron chi connectivity index (χ4n) is 2.88. The first kappa shape index (κ1) is 16.0. The lowest BCUT2D eigenvalue weighted by atomic mass is 9.95. The normalized spacial score (nSPS) is 15.7. The average Bonchev–Trinajstić information content (AvgIpc) is 2.65. The maximum absolute atomic E-state index is 12.9. The maximum Gasteiger partial charge on any atom is 0.229 e. The van der Waals surface area contributed by atoms with Gasteiger partial charge in [0, 0.05) is 12.7 Å². The summed E-state index contributed by atoms with van der Waals surface area (Å²) in [6.07, 6.45) is 2.69. The summed E-state index contributed by atoms with van der Waals surface area (Å²) in [5, 5.41) is 8.88. The fraction of sp³-hybridized carbons (Fsp3) is 0.316. The summed E-state index contributed by atoms with van der Waals surface area (Å²) in [5.74, 6) is 0.655. The Balaban J connectivity index is 1.73. The van der Waals surface area contributed by atoms with Crippen LogP contribution in [0.15, 0.2) is 48.7 Å². The smallest absolute Gasteiger partial charge is 0.229 e. The number of pyridine rings is 1. The Morgan fingerprint density at radius 3 is 2.92 bits per heavy atom. The van der Waals surface area contributed by atoms with E-state index in [1.165, 1.54) is 0 Å². The molecule has 0 spiro atoms. The van der Waals surface area contributed by atoms with Crippen molar-refractivity contribution in [2.45, 2.75) is 19.4 Å². The van der Waals surface area contributed by atoms with E-state index < -0.39 is 0 Å². The first-order chi connectivity index (χ1) is 11.8. The first-order valence-corrected chi connectivity index (χ1v) is 8.04. The molecule has 1 aliphatic rings. The molecule has 1 atom stereocenters. The van der Waals surface area contributed by atoms with Gasteiger partial charge in [-0.2, -0.15) is 5.26 Å². The molecule has 1 aromatic carbocycles. The van der Waals surface area contributed by atoms with Gasteiger partial charge in [-0.05, 0) is 30.2 Å². The molecular weight excluding hydrogens is 302 g/mol. The predicted octanol–water partition coefficient (Wildman–Crippen LogP) is 2.58. The molecule has 24 heavy (non-hydrogen) atoms. The van der Waals surface area contributed by atoms with Gasteiger partial charge in [0.05, 0.1) is 30.6 Å². The summed E-state index contributed by atoms with van der Waals surface area (Å²) in [5.41, 5.74) is 1.88. The highest BCUT2D eigenvalue weighted by Crippen LogP contribution is 2.28. The molecule has 1 aliphatic heterocycles. The van der Waals surface area contributed by atoms with Crippen molar-refractivity contribution in [1.29, 1.82) is 5.26 Å². The van der Waals surface area contributed by atoms with Gasteiger partial charge in [0.2, 0.25) is 5.91 Å². The van der Waals surface area contributed by atoms with Gasteiger partial charge in [0.1, 0.15) is 12.4 Å². The van der Waals surface area contributed by atoms with E-state index in [2.05, 4.69) is 11.1 Å². The Hall–Kier alpha value is -2.87. The first-order valence-electron chi connectivity index (χ1n) is 8.04. The van der Waals surface area contributed by atoms with Crippen LogP contribution in [0.5, 0.6) is 5.75 Å². The van der Waals surface area contributed by atoms with Gasteiger partial charge >= 0.3 is 0 Å². The third kappa shape index (κ3) is 3.72. The molecule has 1 amide bonds. The number of hydrogen-bond donors (Lipinski definition) is 0. The van der Waals surface area contributed by atoms with Crippen molar-refractivity contribution in [1.82, 2.24) is 9.88 Å². The second kappa shape index (κ2) is 7.60. The Morgan fingerprint density at radius 1 is 1.29 bits per heavy atom. The quantitative estimate of drug-likeness (QED) is 0.849. The summed E-state index contributed by atoms with van der Waals surface area (Å²) >= 11 is 0. The largest absolute Gasteiger partial charge is 0.492 e. The molecule has 5 nitrogen and oxygen atoms in total.